The lowest BCUT2D eigenvalue weighted by Gasteiger charge is -2.73. The molecule has 0 amide bonds. The van der Waals surface area contributed by atoms with Gasteiger partial charge < -0.3 is 0 Å². The zero-order valence-corrected chi connectivity index (χ0v) is 16.7. The van der Waals surface area contributed by atoms with Crippen molar-refractivity contribution in [2.45, 2.75) is 88.3 Å². The molecule has 8 bridgehead atoms. The monoisotopic (exact) mass is 390 g/mol. The smallest absolute Gasteiger partial charge is 0.136 e. The molecular formula is C22H31BrO. The highest BCUT2D eigenvalue weighted by molar-refractivity contribution is 9.10. The van der Waals surface area contributed by atoms with Gasteiger partial charge in [0.2, 0.25) is 0 Å². The number of ketones is 1. The van der Waals surface area contributed by atoms with Crippen molar-refractivity contribution in [1.29, 1.82) is 0 Å². The maximum Gasteiger partial charge on any atom is 0.136 e. The van der Waals surface area contributed by atoms with Crippen molar-refractivity contribution < 1.29 is 4.79 Å². The first kappa shape index (κ1) is 15.2. The number of alkyl halides is 1. The predicted octanol–water partition coefficient (Wildman–Crippen LogP) is 5.90. The van der Waals surface area contributed by atoms with Gasteiger partial charge in [-0.15, -0.1) is 0 Å². The quantitative estimate of drug-likeness (QED) is 0.536. The third-order valence-corrected chi connectivity index (χ3v) is 10.9. The zero-order valence-electron chi connectivity index (χ0n) is 15.1. The Morgan fingerprint density at radius 2 is 1.21 bits per heavy atom. The first-order valence-corrected chi connectivity index (χ1v) is 11.3. The average molecular weight is 391 g/mol. The molecule has 8 aliphatic rings. The van der Waals surface area contributed by atoms with Crippen molar-refractivity contribution in [1.82, 2.24) is 0 Å². The number of hydrogen-bond acceptors (Lipinski definition) is 1. The Kier molecular flexibility index (Phi) is 2.76. The number of rotatable bonds is 2. The summed E-state index contributed by atoms with van der Waals surface area (Å²) in [5.41, 5.74) is 1.20. The van der Waals surface area contributed by atoms with E-state index in [0.717, 1.165) is 23.7 Å². The second-order valence-corrected chi connectivity index (χ2v) is 13.2. The summed E-state index contributed by atoms with van der Waals surface area (Å²) in [7, 11) is 0. The van der Waals surface area contributed by atoms with Crippen LogP contribution in [0.2, 0.25) is 0 Å². The molecule has 132 valence electrons. The summed E-state index contributed by atoms with van der Waals surface area (Å²) in [5, 5.41) is 0. The molecular weight excluding hydrogens is 360 g/mol. The molecule has 4 unspecified atom stereocenters. The van der Waals surface area contributed by atoms with Crippen LogP contribution in [0.25, 0.3) is 0 Å². The van der Waals surface area contributed by atoms with Gasteiger partial charge in [0.25, 0.3) is 0 Å². The molecule has 0 radical (unpaired) electrons. The van der Waals surface area contributed by atoms with E-state index in [-0.39, 0.29) is 5.41 Å². The molecule has 0 heterocycles. The summed E-state index contributed by atoms with van der Waals surface area (Å²) >= 11 is 4.25. The van der Waals surface area contributed by atoms with E-state index in [0.29, 0.717) is 20.9 Å². The molecule has 1 nitrogen and oxygen atoms in total. The Labute approximate surface area is 154 Å². The summed E-state index contributed by atoms with van der Waals surface area (Å²) in [4.78, 5) is 12.7. The third-order valence-electron chi connectivity index (χ3n) is 9.92. The molecule has 8 rings (SSSR count). The molecule has 0 aliphatic heterocycles. The third kappa shape index (κ3) is 1.75. The molecule has 0 saturated heterocycles. The molecule has 4 atom stereocenters. The van der Waals surface area contributed by atoms with Crippen molar-refractivity contribution in [2.24, 2.45) is 39.9 Å². The zero-order chi connectivity index (χ0) is 16.4. The van der Waals surface area contributed by atoms with Crippen LogP contribution in [0.15, 0.2) is 0 Å². The summed E-state index contributed by atoms with van der Waals surface area (Å²) in [6.07, 6.45) is 17.0. The Bertz CT molecular complexity index is 593. The van der Waals surface area contributed by atoms with Crippen LogP contribution in [-0.2, 0) is 4.79 Å². The lowest BCUT2D eigenvalue weighted by molar-refractivity contribution is -0.214. The van der Waals surface area contributed by atoms with Crippen molar-refractivity contribution in [2.75, 3.05) is 0 Å². The number of carbonyl (C=O) groups is 1. The van der Waals surface area contributed by atoms with E-state index in [1.807, 2.05) is 6.92 Å². The van der Waals surface area contributed by atoms with E-state index in [2.05, 4.69) is 15.9 Å². The second kappa shape index (κ2) is 4.34. The maximum absolute atomic E-state index is 12.7. The lowest BCUT2D eigenvalue weighted by atomic mass is 9.32. The minimum absolute atomic E-state index is 0.0902. The number of Topliss-reactive ketones (excluding diaryl/α,β-unsaturated/α-hetero) is 1. The molecule has 2 heteroatoms. The topological polar surface area (TPSA) is 17.1 Å². The number of hydrogen-bond donors (Lipinski definition) is 0. The molecule has 0 spiro atoms. The summed E-state index contributed by atoms with van der Waals surface area (Å²) in [5.74, 6) is 4.24. The SMILES string of the molecule is CC(=O)C12CC3CC(C1)CC(C14CC5CC(CC(Br)(C5)C1)C4)(C3)C2. The molecule has 8 fully saturated rings. The number of halogens is 1. The molecule has 0 aromatic heterocycles. The van der Waals surface area contributed by atoms with Crippen LogP contribution in [0.5, 0.6) is 0 Å². The van der Waals surface area contributed by atoms with Crippen LogP contribution in [0.4, 0.5) is 0 Å². The van der Waals surface area contributed by atoms with Gasteiger partial charge in [0.1, 0.15) is 5.78 Å². The van der Waals surface area contributed by atoms with Gasteiger partial charge in [-0.2, -0.15) is 0 Å². The fourth-order valence-corrected chi connectivity index (χ4v) is 11.5. The number of carbonyl (C=O) groups excluding carboxylic acids is 1. The van der Waals surface area contributed by atoms with Crippen molar-refractivity contribution in [3.05, 3.63) is 0 Å². The van der Waals surface area contributed by atoms with E-state index >= 15 is 0 Å². The molecule has 24 heavy (non-hydrogen) atoms. The van der Waals surface area contributed by atoms with Crippen LogP contribution in [0.3, 0.4) is 0 Å². The van der Waals surface area contributed by atoms with Gasteiger partial charge in [0, 0.05) is 9.74 Å². The maximum atomic E-state index is 12.7. The van der Waals surface area contributed by atoms with Crippen LogP contribution >= 0.6 is 15.9 Å². The first-order chi connectivity index (χ1) is 11.3. The molecule has 0 aromatic rings. The van der Waals surface area contributed by atoms with Crippen LogP contribution in [0, 0.1) is 39.9 Å². The fraction of sp³-hybridized carbons (Fsp3) is 0.955. The summed E-state index contributed by atoms with van der Waals surface area (Å²) in [6.45, 7) is 1.92. The first-order valence-electron chi connectivity index (χ1n) is 10.5. The van der Waals surface area contributed by atoms with Crippen LogP contribution < -0.4 is 0 Å². The largest absolute Gasteiger partial charge is 0.299 e. The van der Waals surface area contributed by atoms with E-state index in [1.165, 1.54) is 77.0 Å². The van der Waals surface area contributed by atoms with Gasteiger partial charge in [-0.05, 0) is 118 Å². The highest BCUT2D eigenvalue weighted by atomic mass is 79.9. The van der Waals surface area contributed by atoms with Gasteiger partial charge in [-0.3, -0.25) is 4.79 Å². The van der Waals surface area contributed by atoms with Crippen LogP contribution in [-0.4, -0.2) is 10.1 Å². The lowest BCUT2D eigenvalue weighted by Crippen LogP contribution is -2.65. The Morgan fingerprint density at radius 1 is 0.750 bits per heavy atom. The minimum atomic E-state index is 0.0902. The standard InChI is InChI=1S/C22H31BrO/c1-14(24)19-4-15-2-16(5-19)7-20(6-15,12-19)21-8-17-3-18(9-21)11-22(23,10-17)13-21/h15-18H,2-13H2,1H3. The molecule has 8 aliphatic carbocycles. The van der Waals surface area contributed by atoms with E-state index < -0.39 is 0 Å². The van der Waals surface area contributed by atoms with Gasteiger partial charge in [-0.1, -0.05) is 15.9 Å². The van der Waals surface area contributed by atoms with Crippen molar-refractivity contribution >= 4 is 21.7 Å². The van der Waals surface area contributed by atoms with Gasteiger partial charge in [0.05, 0.1) is 0 Å². The Morgan fingerprint density at radius 3 is 1.67 bits per heavy atom. The highest BCUT2D eigenvalue weighted by Crippen LogP contribution is 2.78. The normalized spacial score (nSPS) is 63.1. The van der Waals surface area contributed by atoms with Crippen molar-refractivity contribution in [3.63, 3.8) is 0 Å². The van der Waals surface area contributed by atoms with E-state index in [1.54, 1.807) is 0 Å². The van der Waals surface area contributed by atoms with E-state index in [9.17, 15) is 4.79 Å². The van der Waals surface area contributed by atoms with Crippen LogP contribution in [0.1, 0.15) is 84.0 Å². The van der Waals surface area contributed by atoms with Gasteiger partial charge in [-0.25, -0.2) is 0 Å². The Hall–Kier alpha value is 0.150. The van der Waals surface area contributed by atoms with Crippen molar-refractivity contribution in [3.8, 4) is 0 Å². The summed E-state index contributed by atoms with van der Waals surface area (Å²) in [6, 6.07) is 0. The van der Waals surface area contributed by atoms with Gasteiger partial charge in [0.15, 0.2) is 0 Å². The van der Waals surface area contributed by atoms with Gasteiger partial charge >= 0.3 is 0 Å². The Balaban J connectivity index is 1.46. The predicted molar refractivity (Wildman–Crippen MR) is 99.0 cm³/mol. The fourth-order valence-electron chi connectivity index (χ4n) is 10.1. The second-order valence-electron chi connectivity index (χ2n) is 11.5. The molecule has 8 saturated carbocycles. The van der Waals surface area contributed by atoms with E-state index in [4.69, 9.17) is 0 Å². The minimum Gasteiger partial charge on any atom is -0.299 e. The summed E-state index contributed by atoms with van der Waals surface area (Å²) < 4.78 is 0.462. The average Bonchev–Trinajstić information content (AvgIpc) is 2.42. The molecule has 0 N–H and O–H groups in total. The highest BCUT2D eigenvalue weighted by Gasteiger charge is 2.70. The molecule has 0 aromatic carbocycles.